The summed E-state index contributed by atoms with van der Waals surface area (Å²) in [7, 11) is 0. The Labute approximate surface area is 142 Å². The number of nitrogens with zero attached hydrogens (tertiary/aromatic N) is 3. The van der Waals surface area contributed by atoms with E-state index >= 15 is 0 Å². The monoisotopic (exact) mass is 349 g/mol. The molecule has 0 unspecified atom stereocenters. The molecule has 0 radical (unpaired) electrons. The van der Waals surface area contributed by atoms with Gasteiger partial charge in [-0.1, -0.05) is 11.6 Å². The largest absolute Gasteiger partial charge is 0.462 e. The van der Waals surface area contributed by atoms with Crippen molar-refractivity contribution in [2.24, 2.45) is 0 Å². The maximum atomic E-state index is 12.5. The van der Waals surface area contributed by atoms with Gasteiger partial charge < -0.3 is 4.74 Å². The van der Waals surface area contributed by atoms with Crippen LogP contribution in [0.3, 0.4) is 0 Å². The zero-order valence-electron chi connectivity index (χ0n) is 13.1. The fourth-order valence-electron chi connectivity index (χ4n) is 2.59. The fourth-order valence-corrected chi connectivity index (χ4v) is 3.70. The maximum Gasteiger partial charge on any atom is 0.340 e. The minimum atomic E-state index is -0.372. The van der Waals surface area contributed by atoms with Crippen molar-refractivity contribution in [2.45, 2.75) is 27.3 Å². The normalized spacial score (nSPS) is 11.1. The molecule has 0 fully saturated rings. The van der Waals surface area contributed by atoms with Crippen LogP contribution >= 0.6 is 22.9 Å². The van der Waals surface area contributed by atoms with E-state index in [1.807, 2.05) is 30.7 Å². The van der Waals surface area contributed by atoms with Crippen LogP contribution in [0.15, 0.2) is 18.3 Å². The quantitative estimate of drug-likeness (QED) is 0.658. The average molecular weight is 350 g/mol. The standard InChI is InChI=1S/C16H16ClN3O2S/c1-4-20-15-10(8-18-20)14(11-6-7-12(17)23-11)13(9(3)19-15)16(21)22-5-2/h6-8H,4-5H2,1-3H3. The third-order valence-electron chi connectivity index (χ3n) is 3.57. The van der Waals surface area contributed by atoms with Gasteiger partial charge in [0.25, 0.3) is 0 Å². The van der Waals surface area contributed by atoms with E-state index in [-0.39, 0.29) is 5.97 Å². The van der Waals surface area contributed by atoms with Gasteiger partial charge >= 0.3 is 5.97 Å². The lowest BCUT2D eigenvalue weighted by Crippen LogP contribution is -2.11. The lowest BCUT2D eigenvalue weighted by Gasteiger charge is -2.12. The Morgan fingerprint density at radius 2 is 2.17 bits per heavy atom. The Kier molecular flexibility index (Phi) is 4.37. The third kappa shape index (κ3) is 2.72. The summed E-state index contributed by atoms with van der Waals surface area (Å²) in [6, 6.07) is 3.73. The minimum absolute atomic E-state index is 0.315. The molecule has 0 spiro atoms. The van der Waals surface area contributed by atoms with Crippen molar-refractivity contribution < 1.29 is 9.53 Å². The first-order valence-corrected chi connectivity index (χ1v) is 8.55. The minimum Gasteiger partial charge on any atom is -0.462 e. The van der Waals surface area contributed by atoms with Gasteiger partial charge in [0, 0.05) is 22.4 Å². The molecule has 0 bridgehead atoms. The number of fused-ring (bicyclic) bond motifs is 1. The molecular weight excluding hydrogens is 334 g/mol. The summed E-state index contributed by atoms with van der Waals surface area (Å²) in [5.74, 6) is -0.372. The van der Waals surface area contributed by atoms with Crippen LogP contribution in [0, 0.1) is 6.92 Å². The Bertz CT molecular complexity index is 885. The molecule has 5 nitrogen and oxygen atoms in total. The number of hydrogen-bond donors (Lipinski definition) is 0. The Morgan fingerprint density at radius 3 is 2.78 bits per heavy atom. The van der Waals surface area contributed by atoms with Gasteiger partial charge in [0.2, 0.25) is 0 Å². The van der Waals surface area contributed by atoms with Gasteiger partial charge in [-0.25, -0.2) is 14.5 Å². The molecule has 0 atom stereocenters. The summed E-state index contributed by atoms with van der Waals surface area (Å²) in [5, 5.41) is 5.20. The number of aromatic nitrogens is 3. The van der Waals surface area contributed by atoms with Gasteiger partial charge in [-0.3, -0.25) is 0 Å². The van der Waals surface area contributed by atoms with Crippen molar-refractivity contribution in [2.75, 3.05) is 6.61 Å². The van der Waals surface area contributed by atoms with E-state index in [0.717, 1.165) is 21.5 Å². The molecule has 0 saturated carbocycles. The first-order valence-electron chi connectivity index (χ1n) is 7.35. The topological polar surface area (TPSA) is 57.0 Å². The van der Waals surface area contributed by atoms with Gasteiger partial charge in [-0.15, -0.1) is 11.3 Å². The van der Waals surface area contributed by atoms with E-state index in [9.17, 15) is 4.79 Å². The Morgan fingerprint density at radius 1 is 1.39 bits per heavy atom. The van der Waals surface area contributed by atoms with Crippen LogP contribution in [-0.4, -0.2) is 27.3 Å². The molecule has 3 aromatic heterocycles. The number of pyridine rings is 1. The summed E-state index contributed by atoms with van der Waals surface area (Å²) in [4.78, 5) is 17.9. The zero-order valence-corrected chi connectivity index (χ0v) is 14.7. The van der Waals surface area contributed by atoms with E-state index in [0.29, 0.717) is 28.7 Å². The van der Waals surface area contributed by atoms with Crippen LogP contribution in [-0.2, 0) is 11.3 Å². The van der Waals surface area contributed by atoms with Crippen LogP contribution in [0.5, 0.6) is 0 Å². The molecule has 0 N–H and O–H groups in total. The number of ether oxygens (including phenoxy) is 1. The van der Waals surface area contributed by atoms with Crippen LogP contribution in [0.25, 0.3) is 21.5 Å². The molecular formula is C16H16ClN3O2S. The molecule has 3 rings (SSSR count). The van der Waals surface area contributed by atoms with Crippen LogP contribution in [0.2, 0.25) is 4.34 Å². The second-order valence-electron chi connectivity index (χ2n) is 4.97. The zero-order chi connectivity index (χ0) is 16.6. The van der Waals surface area contributed by atoms with E-state index in [1.54, 1.807) is 13.1 Å². The van der Waals surface area contributed by atoms with Crippen molar-refractivity contribution >= 4 is 39.9 Å². The number of carbonyl (C=O) groups is 1. The second kappa shape index (κ2) is 6.29. The number of carbonyl (C=O) groups excluding carboxylic acids is 1. The fraction of sp³-hybridized carbons (Fsp3) is 0.312. The van der Waals surface area contributed by atoms with E-state index in [2.05, 4.69) is 10.1 Å². The van der Waals surface area contributed by atoms with Crippen molar-refractivity contribution in [3.8, 4) is 10.4 Å². The van der Waals surface area contributed by atoms with Crippen molar-refractivity contribution in [1.29, 1.82) is 0 Å². The smallest absolute Gasteiger partial charge is 0.340 e. The van der Waals surface area contributed by atoms with Crippen molar-refractivity contribution in [3.63, 3.8) is 0 Å². The second-order valence-corrected chi connectivity index (χ2v) is 6.68. The van der Waals surface area contributed by atoms with Crippen LogP contribution in [0.1, 0.15) is 29.9 Å². The highest BCUT2D eigenvalue weighted by Crippen LogP contribution is 2.38. The molecule has 120 valence electrons. The van der Waals surface area contributed by atoms with E-state index < -0.39 is 0 Å². The van der Waals surface area contributed by atoms with Gasteiger partial charge in [-0.2, -0.15) is 5.10 Å². The molecule has 3 aromatic rings. The van der Waals surface area contributed by atoms with Crippen molar-refractivity contribution in [3.05, 3.63) is 33.9 Å². The Balaban J connectivity index is 2.37. The van der Waals surface area contributed by atoms with Gasteiger partial charge in [0.05, 0.1) is 28.4 Å². The molecule has 0 aliphatic carbocycles. The number of halogens is 1. The first-order chi connectivity index (χ1) is 11.1. The lowest BCUT2D eigenvalue weighted by atomic mass is 10.0. The highest BCUT2D eigenvalue weighted by Gasteiger charge is 2.24. The molecule has 0 aromatic carbocycles. The molecule has 7 heteroatoms. The SMILES string of the molecule is CCOC(=O)c1c(C)nc2c(cnn2CC)c1-c1ccc(Cl)s1. The summed E-state index contributed by atoms with van der Waals surface area (Å²) in [6.45, 7) is 6.63. The van der Waals surface area contributed by atoms with Gasteiger partial charge in [-0.05, 0) is 32.9 Å². The summed E-state index contributed by atoms with van der Waals surface area (Å²) in [5.41, 5.74) is 2.67. The summed E-state index contributed by atoms with van der Waals surface area (Å²) >= 11 is 7.52. The predicted octanol–water partition coefficient (Wildman–Crippen LogP) is 4.32. The third-order valence-corrected chi connectivity index (χ3v) is 4.81. The molecule has 23 heavy (non-hydrogen) atoms. The van der Waals surface area contributed by atoms with Crippen LogP contribution in [0.4, 0.5) is 0 Å². The number of rotatable bonds is 4. The molecule has 0 aliphatic heterocycles. The molecule has 0 saturated heterocycles. The van der Waals surface area contributed by atoms with Crippen LogP contribution < -0.4 is 0 Å². The molecule has 0 aliphatic rings. The molecule has 3 heterocycles. The maximum absolute atomic E-state index is 12.5. The van der Waals surface area contributed by atoms with Crippen molar-refractivity contribution in [1.82, 2.24) is 14.8 Å². The predicted molar refractivity (Wildman–Crippen MR) is 92.2 cm³/mol. The van der Waals surface area contributed by atoms with E-state index in [1.165, 1.54) is 11.3 Å². The Hall–Kier alpha value is -1.92. The summed E-state index contributed by atoms with van der Waals surface area (Å²) < 4.78 is 7.71. The molecule has 0 amide bonds. The number of hydrogen-bond acceptors (Lipinski definition) is 5. The number of aryl methyl sites for hydroxylation is 2. The highest BCUT2D eigenvalue weighted by atomic mass is 35.5. The van der Waals surface area contributed by atoms with E-state index in [4.69, 9.17) is 16.3 Å². The average Bonchev–Trinajstić information content (AvgIpc) is 3.11. The highest BCUT2D eigenvalue weighted by molar-refractivity contribution is 7.19. The lowest BCUT2D eigenvalue weighted by molar-refractivity contribution is 0.0526. The first kappa shape index (κ1) is 16.0. The summed E-state index contributed by atoms with van der Waals surface area (Å²) in [6.07, 6.45) is 1.75. The van der Waals surface area contributed by atoms with Gasteiger partial charge in [0.15, 0.2) is 5.65 Å². The number of esters is 1. The van der Waals surface area contributed by atoms with Gasteiger partial charge in [0.1, 0.15) is 0 Å². The number of thiophene rings is 1.